The highest BCUT2D eigenvalue weighted by Gasteiger charge is 2.31. The second-order valence-electron chi connectivity index (χ2n) is 7.33. The van der Waals surface area contributed by atoms with E-state index in [1.165, 1.54) is 0 Å². The molecule has 0 spiro atoms. The molecular formula is C22H20N6O. The number of likely N-dealkylation sites (tertiary alicyclic amines) is 1. The molecule has 1 atom stereocenters. The number of pyridine rings is 3. The molecule has 1 fully saturated rings. The molecule has 29 heavy (non-hydrogen) atoms. The van der Waals surface area contributed by atoms with Gasteiger partial charge in [0.2, 0.25) is 0 Å². The van der Waals surface area contributed by atoms with Gasteiger partial charge in [-0.1, -0.05) is 12.1 Å². The van der Waals surface area contributed by atoms with E-state index in [0.29, 0.717) is 18.8 Å². The third kappa shape index (κ3) is 3.35. The van der Waals surface area contributed by atoms with E-state index in [9.17, 15) is 4.79 Å². The molecule has 7 heteroatoms. The van der Waals surface area contributed by atoms with E-state index in [1.54, 1.807) is 12.3 Å². The fraction of sp³-hybridized carbons (Fsp3) is 0.227. The second kappa shape index (κ2) is 7.09. The minimum absolute atomic E-state index is 0.0289. The standard InChI is InChI=1S/C22H20N6O/c1-15-4-2-6-19(24-15)22(29)27-11-9-18(13-27)21-25-20-8-7-17(14-28(20)26-21)16-5-3-10-23-12-16/h2-8,10,12,14,18H,9,11,13H2,1H3. The number of amides is 1. The Hall–Kier alpha value is -3.61. The molecule has 0 radical (unpaired) electrons. The molecular weight excluding hydrogens is 364 g/mol. The maximum atomic E-state index is 12.8. The van der Waals surface area contributed by atoms with Crippen LogP contribution in [0.2, 0.25) is 0 Å². The van der Waals surface area contributed by atoms with Crippen LogP contribution in [0.3, 0.4) is 0 Å². The van der Waals surface area contributed by atoms with Crippen molar-refractivity contribution >= 4 is 11.6 Å². The molecule has 0 N–H and O–H groups in total. The molecule has 1 unspecified atom stereocenters. The average Bonchev–Trinajstić information content (AvgIpc) is 3.40. The molecule has 0 saturated carbocycles. The van der Waals surface area contributed by atoms with Gasteiger partial charge in [0.25, 0.3) is 5.91 Å². The number of rotatable bonds is 3. The first-order valence-electron chi connectivity index (χ1n) is 9.67. The number of carbonyl (C=O) groups is 1. The largest absolute Gasteiger partial charge is 0.337 e. The smallest absolute Gasteiger partial charge is 0.272 e. The number of hydrogen-bond acceptors (Lipinski definition) is 5. The normalized spacial score (nSPS) is 16.4. The summed E-state index contributed by atoms with van der Waals surface area (Å²) in [6.07, 6.45) is 6.41. The lowest BCUT2D eigenvalue weighted by Crippen LogP contribution is -2.29. The summed E-state index contributed by atoms with van der Waals surface area (Å²) >= 11 is 0. The van der Waals surface area contributed by atoms with Gasteiger partial charge in [0.05, 0.1) is 0 Å². The van der Waals surface area contributed by atoms with Crippen molar-refractivity contribution in [2.24, 2.45) is 0 Å². The van der Waals surface area contributed by atoms with Gasteiger partial charge in [0, 0.05) is 54.4 Å². The van der Waals surface area contributed by atoms with Crippen molar-refractivity contribution < 1.29 is 4.79 Å². The average molecular weight is 384 g/mol. The summed E-state index contributed by atoms with van der Waals surface area (Å²) in [6.45, 7) is 3.19. The Balaban J connectivity index is 1.37. The fourth-order valence-electron chi connectivity index (χ4n) is 3.76. The summed E-state index contributed by atoms with van der Waals surface area (Å²) in [5, 5.41) is 4.69. The Kier molecular flexibility index (Phi) is 4.27. The predicted molar refractivity (Wildman–Crippen MR) is 108 cm³/mol. The lowest BCUT2D eigenvalue weighted by Gasteiger charge is -2.15. The van der Waals surface area contributed by atoms with E-state index in [2.05, 4.69) is 9.97 Å². The summed E-state index contributed by atoms with van der Waals surface area (Å²) in [4.78, 5) is 27.8. The molecule has 144 valence electrons. The Morgan fingerprint density at radius 1 is 1.07 bits per heavy atom. The number of aryl methyl sites for hydroxylation is 1. The molecule has 0 bridgehead atoms. The third-order valence-electron chi connectivity index (χ3n) is 5.29. The maximum Gasteiger partial charge on any atom is 0.272 e. The van der Waals surface area contributed by atoms with Gasteiger partial charge in [-0.25, -0.2) is 14.5 Å². The van der Waals surface area contributed by atoms with E-state index < -0.39 is 0 Å². The summed E-state index contributed by atoms with van der Waals surface area (Å²) in [5.74, 6) is 0.880. The second-order valence-corrected chi connectivity index (χ2v) is 7.33. The maximum absolute atomic E-state index is 12.8. The van der Waals surface area contributed by atoms with Crippen molar-refractivity contribution in [3.05, 3.63) is 78.3 Å². The van der Waals surface area contributed by atoms with E-state index in [4.69, 9.17) is 10.1 Å². The SMILES string of the molecule is Cc1cccc(C(=O)N2CCC(c3nc4ccc(-c5cccnc5)cn4n3)C2)n1. The first-order valence-corrected chi connectivity index (χ1v) is 9.67. The molecule has 5 heterocycles. The quantitative estimate of drug-likeness (QED) is 0.542. The van der Waals surface area contributed by atoms with Gasteiger partial charge >= 0.3 is 0 Å². The summed E-state index contributed by atoms with van der Waals surface area (Å²) in [7, 11) is 0. The number of hydrogen-bond donors (Lipinski definition) is 0. The summed E-state index contributed by atoms with van der Waals surface area (Å²) in [6, 6.07) is 13.5. The van der Waals surface area contributed by atoms with E-state index in [1.807, 2.05) is 65.1 Å². The Bertz CT molecular complexity index is 1190. The topological polar surface area (TPSA) is 76.3 Å². The van der Waals surface area contributed by atoms with Crippen molar-refractivity contribution in [1.29, 1.82) is 0 Å². The van der Waals surface area contributed by atoms with Gasteiger partial charge in [-0.3, -0.25) is 9.78 Å². The zero-order valence-corrected chi connectivity index (χ0v) is 16.1. The van der Waals surface area contributed by atoms with Gasteiger partial charge < -0.3 is 4.90 Å². The Morgan fingerprint density at radius 3 is 2.83 bits per heavy atom. The number of carbonyl (C=O) groups excluding carboxylic acids is 1. The molecule has 4 aromatic heterocycles. The summed E-state index contributed by atoms with van der Waals surface area (Å²) in [5.41, 5.74) is 4.22. The highest BCUT2D eigenvalue weighted by Crippen LogP contribution is 2.27. The lowest BCUT2D eigenvalue weighted by molar-refractivity contribution is 0.0784. The monoisotopic (exact) mass is 384 g/mol. The van der Waals surface area contributed by atoms with Crippen LogP contribution < -0.4 is 0 Å². The van der Waals surface area contributed by atoms with Crippen LogP contribution in [0.1, 0.15) is 34.3 Å². The van der Waals surface area contributed by atoms with E-state index in [0.717, 1.165) is 34.7 Å². The lowest BCUT2D eigenvalue weighted by atomic mass is 10.1. The number of nitrogens with zero attached hydrogens (tertiary/aromatic N) is 6. The highest BCUT2D eigenvalue weighted by molar-refractivity contribution is 5.92. The first-order chi connectivity index (χ1) is 14.2. The minimum atomic E-state index is -0.0289. The van der Waals surface area contributed by atoms with Gasteiger partial charge in [-0.05, 0) is 43.7 Å². The van der Waals surface area contributed by atoms with Crippen molar-refractivity contribution in [3.63, 3.8) is 0 Å². The van der Waals surface area contributed by atoms with Crippen LogP contribution >= 0.6 is 0 Å². The van der Waals surface area contributed by atoms with Crippen LogP contribution in [0.4, 0.5) is 0 Å². The summed E-state index contributed by atoms with van der Waals surface area (Å²) < 4.78 is 1.81. The molecule has 5 rings (SSSR count). The fourth-order valence-corrected chi connectivity index (χ4v) is 3.76. The van der Waals surface area contributed by atoms with Crippen LogP contribution in [0.5, 0.6) is 0 Å². The van der Waals surface area contributed by atoms with Crippen LogP contribution in [0.25, 0.3) is 16.8 Å². The van der Waals surface area contributed by atoms with Crippen molar-refractivity contribution in [2.75, 3.05) is 13.1 Å². The van der Waals surface area contributed by atoms with Gasteiger partial charge in [0.15, 0.2) is 11.5 Å². The van der Waals surface area contributed by atoms with E-state index >= 15 is 0 Å². The first kappa shape index (κ1) is 17.5. The van der Waals surface area contributed by atoms with Crippen LogP contribution in [0, 0.1) is 6.92 Å². The Morgan fingerprint density at radius 2 is 2.00 bits per heavy atom. The molecule has 4 aromatic rings. The van der Waals surface area contributed by atoms with Crippen LogP contribution in [0.15, 0.2) is 61.1 Å². The van der Waals surface area contributed by atoms with Crippen molar-refractivity contribution in [3.8, 4) is 11.1 Å². The number of aromatic nitrogens is 5. The van der Waals surface area contributed by atoms with Gasteiger partial charge in [-0.2, -0.15) is 5.10 Å². The van der Waals surface area contributed by atoms with Gasteiger partial charge in [-0.15, -0.1) is 0 Å². The van der Waals surface area contributed by atoms with E-state index in [-0.39, 0.29) is 11.8 Å². The molecule has 1 aliphatic rings. The third-order valence-corrected chi connectivity index (χ3v) is 5.29. The molecule has 1 saturated heterocycles. The zero-order chi connectivity index (χ0) is 19.8. The van der Waals surface area contributed by atoms with Crippen LogP contribution in [-0.2, 0) is 0 Å². The molecule has 1 amide bonds. The van der Waals surface area contributed by atoms with Crippen molar-refractivity contribution in [2.45, 2.75) is 19.3 Å². The minimum Gasteiger partial charge on any atom is -0.337 e. The van der Waals surface area contributed by atoms with Gasteiger partial charge in [0.1, 0.15) is 5.69 Å². The predicted octanol–water partition coefficient (Wildman–Crippen LogP) is 3.12. The number of fused-ring (bicyclic) bond motifs is 1. The molecule has 1 aliphatic heterocycles. The van der Waals surface area contributed by atoms with Crippen molar-refractivity contribution in [1.82, 2.24) is 29.5 Å². The zero-order valence-electron chi connectivity index (χ0n) is 16.1. The molecule has 0 aliphatic carbocycles. The highest BCUT2D eigenvalue weighted by atomic mass is 16.2. The van der Waals surface area contributed by atoms with Crippen LogP contribution in [-0.4, -0.2) is 48.5 Å². The molecule has 7 nitrogen and oxygen atoms in total. The molecule has 0 aromatic carbocycles. The Labute approximate surface area is 168 Å².